The number of aryl methyl sites for hydroxylation is 3. The van der Waals surface area contributed by atoms with Crippen LogP contribution in [0.3, 0.4) is 0 Å². The third kappa shape index (κ3) is 3.03. The van der Waals surface area contributed by atoms with E-state index in [0.717, 1.165) is 18.7 Å². The second kappa shape index (κ2) is 6.39. The third-order valence-electron chi connectivity index (χ3n) is 3.68. The third-order valence-corrected chi connectivity index (χ3v) is 3.97. The molecule has 1 heterocycles. The summed E-state index contributed by atoms with van der Waals surface area (Å²) in [5.74, 6) is 5.72. The molecule has 0 saturated carbocycles. The van der Waals surface area contributed by atoms with Crippen LogP contribution in [0.1, 0.15) is 35.3 Å². The zero-order valence-electron chi connectivity index (χ0n) is 12.2. The van der Waals surface area contributed by atoms with Crippen molar-refractivity contribution in [1.29, 1.82) is 0 Å². The van der Waals surface area contributed by atoms with E-state index in [1.165, 1.54) is 16.7 Å². The van der Waals surface area contributed by atoms with Crippen LogP contribution < -0.4 is 11.3 Å². The molecule has 2 rings (SSSR count). The van der Waals surface area contributed by atoms with E-state index in [1.54, 1.807) is 6.20 Å². The lowest BCUT2D eigenvalue weighted by Crippen LogP contribution is -2.31. The van der Waals surface area contributed by atoms with Crippen molar-refractivity contribution < 1.29 is 0 Å². The lowest BCUT2D eigenvalue weighted by Gasteiger charge is -2.18. The zero-order valence-corrected chi connectivity index (χ0v) is 12.9. The van der Waals surface area contributed by atoms with Crippen LogP contribution in [0.25, 0.3) is 0 Å². The number of benzene rings is 1. The van der Waals surface area contributed by atoms with Gasteiger partial charge in [0.15, 0.2) is 0 Å². The van der Waals surface area contributed by atoms with E-state index >= 15 is 0 Å². The second-order valence-corrected chi connectivity index (χ2v) is 5.44. The fourth-order valence-electron chi connectivity index (χ4n) is 2.37. The molecular formula is C15H21ClN4. The first-order chi connectivity index (χ1) is 9.56. The highest BCUT2D eigenvalue weighted by Crippen LogP contribution is 2.25. The van der Waals surface area contributed by atoms with Gasteiger partial charge in [-0.3, -0.25) is 16.0 Å². The van der Waals surface area contributed by atoms with Crippen LogP contribution in [-0.2, 0) is 13.0 Å². The SMILES string of the molecule is CCn1ncc(Cl)c1C(Cc1ccc(C)c(C)c1)NN. The predicted octanol–water partition coefficient (Wildman–Crippen LogP) is 2.92. The van der Waals surface area contributed by atoms with Crippen molar-refractivity contribution in [3.63, 3.8) is 0 Å². The molecule has 3 N–H and O–H groups in total. The Kier molecular flexibility index (Phi) is 4.81. The van der Waals surface area contributed by atoms with Gasteiger partial charge in [0.1, 0.15) is 0 Å². The van der Waals surface area contributed by atoms with E-state index in [-0.39, 0.29) is 6.04 Å². The van der Waals surface area contributed by atoms with Crippen molar-refractivity contribution in [2.45, 2.75) is 39.8 Å². The molecule has 0 bridgehead atoms. The summed E-state index contributed by atoms with van der Waals surface area (Å²) < 4.78 is 1.88. The molecule has 0 radical (unpaired) electrons. The maximum atomic E-state index is 6.24. The van der Waals surface area contributed by atoms with E-state index in [2.05, 4.69) is 42.6 Å². The van der Waals surface area contributed by atoms with Crippen LogP contribution >= 0.6 is 11.6 Å². The molecule has 1 aromatic heterocycles. The summed E-state index contributed by atoms with van der Waals surface area (Å²) in [6, 6.07) is 6.41. The van der Waals surface area contributed by atoms with Gasteiger partial charge in [0.2, 0.25) is 0 Å². The number of nitrogens with one attached hydrogen (secondary N) is 1. The number of hydrogen-bond acceptors (Lipinski definition) is 3. The molecule has 1 atom stereocenters. The molecule has 4 nitrogen and oxygen atoms in total. The summed E-state index contributed by atoms with van der Waals surface area (Å²) in [7, 11) is 0. The van der Waals surface area contributed by atoms with Gasteiger partial charge in [0.05, 0.1) is 23.0 Å². The van der Waals surface area contributed by atoms with E-state index in [9.17, 15) is 0 Å². The highest BCUT2D eigenvalue weighted by Gasteiger charge is 2.19. The Morgan fingerprint density at radius 1 is 1.35 bits per heavy atom. The lowest BCUT2D eigenvalue weighted by atomic mass is 9.99. The van der Waals surface area contributed by atoms with Gasteiger partial charge in [-0.1, -0.05) is 29.8 Å². The van der Waals surface area contributed by atoms with E-state index in [0.29, 0.717) is 5.02 Å². The summed E-state index contributed by atoms with van der Waals surface area (Å²) in [5.41, 5.74) is 7.61. The minimum Gasteiger partial charge on any atom is -0.271 e. The maximum Gasteiger partial charge on any atom is 0.0834 e. The molecule has 1 aromatic carbocycles. The monoisotopic (exact) mass is 292 g/mol. The van der Waals surface area contributed by atoms with Gasteiger partial charge in [-0.05, 0) is 43.9 Å². The Labute approximate surface area is 124 Å². The average molecular weight is 293 g/mol. The molecule has 2 aromatic rings. The second-order valence-electron chi connectivity index (χ2n) is 5.04. The largest absolute Gasteiger partial charge is 0.271 e. The minimum atomic E-state index is -0.0490. The molecular weight excluding hydrogens is 272 g/mol. The van der Waals surface area contributed by atoms with Gasteiger partial charge in [-0.25, -0.2) is 0 Å². The van der Waals surface area contributed by atoms with E-state index in [1.807, 2.05) is 11.6 Å². The number of halogens is 1. The summed E-state index contributed by atoms with van der Waals surface area (Å²) in [6.45, 7) is 7.04. The van der Waals surface area contributed by atoms with Crippen molar-refractivity contribution in [1.82, 2.24) is 15.2 Å². The van der Waals surface area contributed by atoms with Gasteiger partial charge in [-0.15, -0.1) is 0 Å². The van der Waals surface area contributed by atoms with Gasteiger partial charge >= 0.3 is 0 Å². The molecule has 0 saturated heterocycles. The van der Waals surface area contributed by atoms with Crippen LogP contribution in [0.15, 0.2) is 24.4 Å². The smallest absolute Gasteiger partial charge is 0.0834 e. The molecule has 0 spiro atoms. The summed E-state index contributed by atoms with van der Waals surface area (Å²) in [4.78, 5) is 0. The fraction of sp³-hybridized carbons (Fsp3) is 0.400. The number of nitrogens with two attached hydrogens (primary N) is 1. The number of hydrogen-bond donors (Lipinski definition) is 2. The lowest BCUT2D eigenvalue weighted by molar-refractivity contribution is 0.490. The van der Waals surface area contributed by atoms with Gasteiger partial charge in [-0.2, -0.15) is 5.10 Å². The maximum absolute atomic E-state index is 6.24. The van der Waals surface area contributed by atoms with Crippen molar-refractivity contribution in [3.05, 3.63) is 51.8 Å². The van der Waals surface area contributed by atoms with Crippen molar-refractivity contribution in [3.8, 4) is 0 Å². The highest BCUT2D eigenvalue weighted by molar-refractivity contribution is 6.31. The molecule has 0 aliphatic carbocycles. The first kappa shape index (κ1) is 15.0. The number of hydrazine groups is 1. The first-order valence-corrected chi connectivity index (χ1v) is 7.18. The van der Waals surface area contributed by atoms with Crippen LogP contribution in [0.4, 0.5) is 0 Å². The van der Waals surface area contributed by atoms with Crippen LogP contribution in [0.2, 0.25) is 5.02 Å². The topological polar surface area (TPSA) is 55.9 Å². The average Bonchev–Trinajstić information content (AvgIpc) is 2.81. The minimum absolute atomic E-state index is 0.0490. The fourth-order valence-corrected chi connectivity index (χ4v) is 2.64. The molecule has 20 heavy (non-hydrogen) atoms. The quantitative estimate of drug-likeness (QED) is 0.658. The van der Waals surface area contributed by atoms with Gasteiger partial charge in [0.25, 0.3) is 0 Å². The molecule has 5 heteroatoms. The number of aromatic nitrogens is 2. The number of nitrogens with zero attached hydrogens (tertiary/aromatic N) is 2. The Bertz CT molecular complexity index is 592. The van der Waals surface area contributed by atoms with E-state index < -0.39 is 0 Å². The Hall–Kier alpha value is -1.36. The molecule has 0 fully saturated rings. The summed E-state index contributed by atoms with van der Waals surface area (Å²) in [5, 5.41) is 4.92. The molecule has 1 unspecified atom stereocenters. The summed E-state index contributed by atoms with van der Waals surface area (Å²) >= 11 is 6.24. The molecule has 0 aliphatic rings. The summed E-state index contributed by atoms with van der Waals surface area (Å²) in [6.07, 6.45) is 2.45. The van der Waals surface area contributed by atoms with Crippen molar-refractivity contribution in [2.24, 2.45) is 5.84 Å². The normalized spacial score (nSPS) is 12.7. The van der Waals surface area contributed by atoms with Crippen LogP contribution in [0, 0.1) is 13.8 Å². The van der Waals surface area contributed by atoms with Crippen LogP contribution in [-0.4, -0.2) is 9.78 Å². The molecule has 0 amide bonds. The highest BCUT2D eigenvalue weighted by atomic mass is 35.5. The Morgan fingerprint density at radius 2 is 2.10 bits per heavy atom. The van der Waals surface area contributed by atoms with Gasteiger partial charge < -0.3 is 0 Å². The predicted molar refractivity (Wildman–Crippen MR) is 82.6 cm³/mol. The Morgan fingerprint density at radius 3 is 2.70 bits per heavy atom. The molecule has 0 aliphatic heterocycles. The molecule has 108 valence electrons. The standard InChI is InChI=1S/C15H21ClN4/c1-4-20-15(13(16)9-18-20)14(19-17)8-12-6-5-10(2)11(3)7-12/h5-7,9,14,19H,4,8,17H2,1-3H3. The zero-order chi connectivity index (χ0) is 14.7. The number of rotatable bonds is 5. The van der Waals surface area contributed by atoms with Gasteiger partial charge in [0, 0.05) is 6.54 Å². The van der Waals surface area contributed by atoms with Crippen LogP contribution in [0.5, 0.6) is 0 Å². The van der Waals surface area contributed by atoms with E-state index in [4.69, 9.17) is 17.4 Å². The Balaban J connectivity index is 2.28. The van der Waals surface area contributed by atoms with Crippen molar-refractivity contribution in [2.75, 3.05) is 0 Å². The first-order valence-electron chi connectivity index (χ1n) is 6.80. The van der Waals surface area contributed by atoms with Crippen molar-refractivity contribution >= 4 is 11.6 Å².